The van der Waals surface area contributed by atoms with E-state index < -0.39 is 17.7 Å². The van der Waals surface area contributed by atoms with E-state index in [0.29, 0.717) is 25.2 Å². The zero-order valence-corrected chi connectivity index (χ0v) is 11.7. The van der Waals surface area contributed by atoms with E-state index in [1.807, 2.05) is 0 Å². The van der Waals surface area contributed by atoms with Crippen molar-refractivity contribution in [1.82, 2.24) is 0 Å². The smallest absolute Gasteiger partial charge is 0.416 e. The topological polar surface area (TPSA) is 37.3 Å². The highest BCUT2D eigenvalue weighted by atomic mass is 35.5. The summed E-state index contributed by atoms with van der Waals surface area (Å²) >= 11 is 6.93. The fourth-order valence-electron chi connectivity index (χ4n) is 2.23. The van der Waals surface area contributed by atoms with E-state index in [-0.39, 0.29) is 5.56 Å². The van der Waals surface area contributed by atoms with Crippen molar-refractivity contribution in [3.63, 3.8) is 0 Å². The number of carboxylic acids is 1. The first-order valence-electron chi connectivity index (χ1n) is 5.73. The maximum absolute atomic E-state index is 12.8. The standard InChI is InChI=1S/C14H6ClF3O2S/c15-11-5-9-8-4-7(14(16,17)18)2-1-6(8)3-10(13(19)20)12(9)21-11/h1-5H,(H,19,20). The highest BCUT2D eigenvalue weighted by Gasteiger charge is 2.30. The molecule has 0 atom stereocenters. The van der Waals surface area contributed by atoms with E-state index in [9.17, 15) is 23.1 Å². The van der Waals surface area contributed by atoms with Gasteiger partial charge in [0.05, 0.1) is 20.2 Å². The van der Waals surface area contributed by atoms with Crippen LogP contribution in [0.25, 0.3) is 20.9 Å². The van der Waals surface area contributed by atoms with Crippen molar-refractivity contribution in [2.24, 2.45) is 0 Å². The van der Waals surface area contributed by atoms with Crippen LogP contribution in [0.5, 0.6) is 0 Å². The van der Waals surface area contributed by atoms with Crippen LogP contribution in [-0.4, -0.2) is 11.1 Å². The SMILES string of the molecule is O=C(O)c1cc2ccc(C(F)(F)F)cc2c2cc(Cl)sc12. The molecule has 2 aromatic carbocycles. The summed E-state index contributed by atoms with van der Waals surface area (Å²) in [5.74, 6) is -1.14. The number of fused-ring (bicyclic) bond motifs is 3. The first-order valence-corrected chi connectivity index (χ1v) is 6.93. The molecule has 0 fully saturated rings. The van der Waals surface area contributed by atoms with Gasteiger partial charge in [-0.05, 0) is 35.0 Å². The Bertz CT molecular complexity index is 883. The van der Waals surface area contributed by atoms with Gasteiger partial charge in [-0.3, -0.25) is 0 Å². The molecule has 0 unspecified atom stereocenters. The Morgan fingerprint density at radius 3 is 2.48 bits per heavy atom. The second-order valence-electron chi connectivity index (χ2n) is 4.46. The highest BCUT2D eigenvalue weighted by Crippen LogP contribution is 2.39. The minimum atomic E-state index is -4.45. The summed E-state index contributed by atoms with van der Waals surface area (Å²) in [5, 5.41) is 10.4. The second-order valence-corrected chi connectivity index (χ2v) is 6.14. The Hall–Kier alpha value is -1.79. The first kappa shape index (κ1) is 14.2. The molecule has 0 amide bonds. The van der Waals surface area contributed by atoms with Crippen LogP contribution >= 0.6 is 22.9 Å². The Labute approximate surface area is 125 Å². The summed E-state index contributed by atoms with van der Waals surface area (Å²) in [6.07, 6.45) is -4.45. The molecule has 0 spiro atoms. The van der Waals surface area contributed by atoms with Crippen LogP contribution in [0.2, 0.25) is 4.34 Å². The van der Waals surface area contributed by atoms with Gasteiger partial charge in [0.25, 0.3) is 0 Å². The molecule has 1 aromatic heterocycles. The molecule has 0 aliphatic rings. The van der Waals surface area contributed by atoms with Crippen LogP contribution < -0.4 is 0 Å². The molecule has 0 saturated heterocycles. The molecule has 0 aliphatic heterocycles. The van der Waals surface area contributed by atoms with Gasteiger partial charge in [-0.2, -0.15) is 13.2 Å². The van der Waals surface area contributed by atoms with Crippen molar-refractivity contribution < 1.29 is 23.1 Å². The van der Waals surface area contributed by atoms with E-state index in [1.165, 1.54) is 18.2 Å². The molecule has 1 N–H and O–H groups in total. The molecule has 108 valence electrons. The second kappa shape index (κ2) is 4.61. The van der Waals surface area contributed by atoms with E-state index in [1.54, 1.807) is 0 Å². The van der Waals surface area contributed by atoms with Crippen LogP contribution in [0.3, 0.4) is 0 Å². The molecule has 3 aromatic rings. The summed E-state index contributed by atoms with van der Waals surface area (Å²) < 4.78 is 39.1. The van der Waals surface area contributed by atoms with Crippen molar-refractivity contribution in [3.05, 3.63) is 45.8 Å². The molecule has 0 bridgehead atoms. The number of thiophene rings is 1. The lowest BCUT2D eigenvalue weighted by molar-refractivity contribution is -0.137. The maximum Gasteiger partial charge on any atom is 0.416 e. The average Bonchev–Trinajstić information content (AvgIpc) is 2.77. The number of carbonyl (C=O) groups is 1. The lowest BCUT2D eigenvalue weighted by atomic mass is 10.0. The lowest BCUT2D eigenvalue weighted by Crippen LogP contribution is -2.04. The summed E-state index contributed by atoms with van der Waals surface area (Å²) in [6, 6.07) is 6.10. The fourth-order valence-corrected chi connectivity index (χ4v) is 3.48. The highest BCUT2D eigenvalue weighted by molar-refractivity contribution is 7.23. The largest absolute Gasteiger partial charge is 0.478 e. The van der Waals surface area contributed by atoms with Gasteiger partial charge >= 0.3 is 12.1 Å². The normalized spacial score (nSPS) is 12.2. The summed E-state index contributed by atoms with van der Waals surface area (Å²) in [4.78, 5) is 11.3. The van der Waals surface area contributed by atoms with Crippen molar-refractivity contribution in [2.45, 2.75) is 6.18 Å². The van der Waals surface area contributed by atoms with E-state index in [0.717, 1.165) is 23.5 Å². The monoisotopic (exact) mass is 330 g/mol. The van der Waals surface area contributed by atoms with Gasteiger partial charge in [0.2, 0.25) is 0 Å². The van der Waals surface area contributed by atoms with Crippen LogP contribution in [0, 0.1) is 0 Å². The maximum atomic E-state index is 12.8. The summed E-state index contributed by atoms with van der Waals surface area (Å²) in [5.41, 5.74) is -0.740. The first-order chi connectivity index (χ1) is 9.77. The third-order valence-corrected chi connectivity index (χ3v) is 4.45. The van der Waals surface area contributed by atoms with Gasteiger partial charge in [0.1, 0.15) is 0 Å². The zero-order valence-electron chi connectivity index (χ0n) is 10.2. The lowest BCUT2D eigenvalue weighted by Gasteiger charge is -2.09. The predicted molar refractivity (Wildman–Crippen MR) is 76.3 cm³/mol. The van der Waals surface area contributed by atoms with Gasteiger partial charge in [-0.25, -0.2) is 4.79 Å². The van der Waals surface area contributed by atoms with Gasteiger partial charge < -0.3 is 5.11 Å². The molecule has 21 heavy (non-hydrogen) atoms. The summed E-state index contributed by atoms with van der Waals surface area (Å²) in [7, 11) is 0. The Morgan fingerprint density at radius 1 is 1.14 bits per heavy atom. The number of aromatic carboxylic acids is 1. The molecular formula is C14H6ClF3O2S. The zero-order chi connectivity index (χ0) is 15.4. The number of rotatable bonds is 1. The van der Waals surface area contributed by atoms with Crippen LogP contribution in [0.15, 0.2) is 30.3 Å². The van der Waals surface area contributed by atoms with E-state index >= 15 is 0 Å². The van der Waals surface area contributed by atoms with Crippen LogP contribution in [0.1, 0.15) is 15.9 Å². The predicted octanol–water partition coefficient (Wildman–Crippen LogP) is 5.42. The van der Waals surface area contributed by atoms with E-state index in [2.05, 4.69) is 0 Å². The third kappa shape index (κ3) is 2.34. The third-order valence-electron chi connectivity index (χ3n) is 3.15. The Kier molecular flexibility index (Phi) is 3.11. The van der Waals surface area contributed by atoms with Crippen molar-refractivity contribution >= 4 is 49.8 Å². The van der Waals surface area contributed by atoms with Gasteiger partial charge in [-0.1, -0.05) is 17.7 Å². The Morgan fingerprint density at radius 2 is 1.86 bits per heavy atom. The molecule has 1 heterocycles. The summed E-state index contributed by atoms with van der Waals surface area (Å²) in [6.45, 7) is 0. The minimum absolute atomic E-state index is 0.0363. The fraction of sp³-hybridized carbons (Fsp3) is 0.0714. The molecular weight excluding hydrogens is 325 g/mol. The molecule has 0 saturated carbocycles. The van der Waals surface area contributed by atoms with Gasteiger partial charge in [0.15, 0.2) is 0 Å². The minimum Gasteiger partial charge on any atom is -0.478 e. The molecule has 3 rings (SSSR count). The molecule has 0 radical (unpaired) electrons. The van der Waals surface area contributed by atoms with Crippen molar-refractivity contribution in [3.8, 4) is 0 Å². The number of hydrogen-bond acceptors (Lipinski definition) is 2. The van der Waals surface area contributed by atoms with Crippen molar-refractivity contribution in [1.29, 1.82) is 0 Å². The van der Waals surface area contributed by atoms with Crippen LogP contribution in [0.4, 0.5) is 13.2 Å². The molecule has 7 heteroatoms. The van der Waals surface area contributed by atoms with Crippen molar-refractivity contribution in [2.75, 3.05) is 0 Å². The number of halogens is 4. The molecule has 2 nitrogen and oxygen atoms in total. The number of benzene rings is 2. The Balaban J connectivity index is 2.45. The average molecular weight is 331 g/mol. The van der Waals surface area contributed by atoms with Crippen LogP contribution in [-0.2, 0) is 6.18 Å². The molecule has 0 aliphatic carbocycles. The number of hydrogen-bond donors (Lipinski definition) is 1. The van der Waals surface area contributed by atoms with Gasteiger partial charge in [0, 0.05) is 5.39 Å². The quantitative estimate of drug-likeness (QED) is 0.646. The number of alkyl halides is 3. The van der Waals surface area contributed by atoms with E-state index in [4.69, 9.17) is 11.6 Å². The van der Waals surface area contributed by atoms with Gasteiger partial charge in [-0.15, -0.1) is 11.3 Å². The number of carboxylic acid groups (broad SMARTS) is 1.